The molecule has 1 aliphatic rings. The SMILES string of the molecule is Cc1ccc(C(=O)NCCCN2CCCCC2)cc1S(=O)(=O)Nc1cccc(C)c1C. The van der Waals surface area contributed by atoms with Crippen LogP contribution in [-0.2, 0) is 10.0 Å². The van der Waals surface area contributed by atoms with E-state index in [4.69, 9.17) is 0 Å². The Bertz CT molecular complexity index is 1030. The lowest BCUT2D eigenvalue weighted by Gasteiger charge is -2.26. The normalized spacial score (nSPS) is 14.9. The number of nitrogens with zero attached hydrogens (tertiary/aromatic N) is 1. The first-order chi connectivity index (χ1) is 14.8. The Morgan fingerprint density at radius 2 is 1.74 bits per heavy atom. The van der Waals surface area contributed by atoms with Crippen LogP contribution in [0.2, 0.25) is 0 Å². The van der Waals surface area contributed by atoms with Crippen LogP contribution >= 0.6 is 0 Å². The highest BCUT2D eigenvalue weighted by molar-refractivity contribution is 7.92. The van der Waals surface area contributed by atoms with Gasteiger partial charge in [0.05, 0.1) is 10.6 Å². The van der Waals surface area contributed by atoms with Crippen LogP contribution in [0.4, 0.5) is 5.69 Å². The van der Waals surface area contributed by atoms with Crippen molar-refractivity contribution in [3.05, 3.63) is 58.7 Å². The maximum Gasteiger partial charge on any atom is 0.262 e. The van der Waals surface area contributed by atoms with Gasteiger partial charge in [-0.3, -0.25) is 9.52 Å². The van der Waals surface area contributed by atoms with Crippen molar-refractivity contribution in [3.8, 4) is 0 Å². The van der Waals surface area contributed by atoms with E-state index in [0.717, 1.165) is 37.2 Å². The zero-order valence-electron chi connectivity index (χ0n) is 18.7. The molecule has 168 valence electrons. The van der Waals surface area contributed by atoms with Crippen molar-refractivity contribution in [2.45, 2.75) is 51.3 Å². The van der Waals surface area contributed by atoms with Crippen LogP contribution in [0.25, 0.3) is 0 Å². The number of anilines is 1. The van der Waals surface area contributed by atoms with Crippen LogP contribution in [0.3, 0.4) is 0 Å². The second-order valence-corrected chi connectivity index (χ2v) is 10.00. The standard InChI is InChI=1S/C24H33N3O3S/c1-18-9-7-10-22(20(18)3)26-31(29,30)23-17-21(12-11-19(23)2)24(28)25-13-8-16-27-14-5-4-6-15-27/h7,9-12,17,26H,4-6,8,13-16H2,1-3H3,(H,25,28). The average molecular weight is 444 g/mol. The van der Waals surface area contributed by atoms with Crippen LogP contribution in [0.15, 0.2) is 41.3 Å². The van der Waals surface area contributed by atoms with Gasteiger partial charge in [0.15, 0.2) is 0 Å². The molecule has 1 amide bonds. The number of benzene rings is 2. The van der Waals surface area contributed by atoms with Gasteiger partial charge in [-0.2, -0.15) is 0 Å². The third kappa shape index (κ3) is 6.08. The first kappa shape index (κ1) is 23.3. The summed E-state index contributed by atoms with van der Waals surface area (Å²) in [4.78, 5) is 15.2. The Hall–Kier alpha value is -2.38. The van der Waals surface area contributed by atoms with E-state index in [9.17, 15) is 13.2 Å². The molecule has 0 aliphatic carbocycles. The molecule has 2 N–H and O–H groups in total. The Balaban J connectivity index is 1.65. The number of hydrogen-bond acceptors (Lipinski definition) is 4. The molecule has 7 heteroatoms. The number of aryl methyl sites for hydroxylation is 2. The molecule has 0 unspecified atom stereocenters. The monoisotopic (exact) mass is 443 g/mol. The number of rotatable bonds is 8. The summed E-state index contributed by atoms with van der Waals surface area (Å²) in [5.41, 5.74) is 3.39. The van der Waals surface area contributed by atoms with Crippen molar-refractivity contribution in [1.82, 2.24) is 10.2 Å². The minimum atomic E-state index is -3.82. The van der Waals surface area contributed by atoms with Crippen LogP contribution in [0.1, 0.15) is 52.7 Å². The molecular weight excluding hydrogens is 410 g/mol. The molecule has 0 aromatic heterocycles. The van der Waals surface area contributed by atoms with Crippen molar-refractivity contribution in [3.63, 3.8) is 0 Å². The number of sulfonamides is 1. The maximum atomic E-state index is 13.0. The lowest BCUT2D eigenvalue weighted by Crippen LogP contribution is -2.33. The first-order valence-corrected chi connectivity index (χ1v) is 12.5. The molecule has 3 rings (SSSR count). The molecule has 1 heterocycles. The molecule has 1 saturated heterocycles. The van der Waals surface area contributed by atoms with E-state index in [1.54, 1.807) is 25.1 Å². The molecule has 2 aromatic rings. The highest BCUT2D eigenvalue weighted by atomic mass is 32.2. The van der Waals surface area contributed by atoms with Gasteiger partial charge in [-0.25, -0.2) is 8.42 Å². The smallest absolute Gasteiger partial charge is 0.262 e. The Morgan fingerprint density at radius 3 is 2.48 bits per heavy atom. The van der Waals surface area contributed by atoms with E-state index in [-0.39, 0.29) is 10.8 Å². The number of piperidine rings is 1. The van der Waals surface area contributed by atoms with E-state index in [1.807, 2.05) is 26.0 Å². The van der Waals surface area contributed by atoms with Gasteiger partial charge in [0.2, 0.25) is 0 Å². The second-order valence-electron chi connectivity index (χ2n) is 8.35. The second kappa shape index (κ2) is 10.3. The molecule has 1 fully saturated rings. The molecule has 31 heavy (non-hydrogen) atoms. The fourth-order valence-corrected chi connectivity index (χ4v) is 5.28. The molecule has 2 aromatic carbocycles. The molecule has 0 atom stereocenters. The minimum absolute atomic E-state index is 0.120. The zero-order valence-corrected chi connectivity index (χ0v) is 19.5. The molecular formula is C24H33N3O3S. The van der Waals surface area contributed by atoms with Gasteiger partial charge < -0.3 is 10.2 Å². The van der Waals surface area contributed by atoms with Gasteiger partial charge in [-0.15, -0.1) is 0 Å². The highest BCUT2D eigenvalue weighted by Crippen LogP contribution is 2.24. The quantitative estimate of drug-likeness (QED) is 0.604. The number of carbonyl (C=O) groups excluding carboxylic acids is 1. The molecule has 0 saturated carbocycles. The van der Waals surface area contributed by atoms with Gasteiger partial charge in [0.1, 0.15) is 0 Å². The third-order valence-corrected chi connectivity index (χ3v) is 7.48. The molecule has 0 bridgehead atoms. The maximum absolute atomic E-state index is 13.0. The van der Waals surface area contributed by atoms with E-state index < -0.39 is 10.0 Å². The summed E-state index contributed by atoms with van der Waals surface area (Å²) >= 11 is 0. The Labute approximate surface area is 186 Å². The Morgan fingerprint density at radius 1 is 1.00 bits per heavy atom. The number of hydrogen-bond donors (Lipinski definition) is 2. The topological polar surface area (TPSA) is 78.5 Å². The number of carbonyl (C=O) groups is 1. The van der Waals surface area contributed by atoms with Crippen molar-refractivity contribution in [2.75, 3.05) is 30.9 Å². The summed E-state index contributed by atoms with van der Waals surface area (Å²) < 4.78 is 28.8. The van der Waals surface area contributed by atoms with Crippen LogP contribution in [0, 0.1) is 20.8 Å². The summed E-state index contributed by atoms with van der Waals surface area (Å²) in [6, 6.07) is 10.3. The predicted octanol–water partition coefficient (Wildman–Crippen LogP) is 4.02. The van der Waals surface area contributed by atoms with Crippen molar-refractivity contribution in [2.24, 2.45) is 0 Å². The molecule has 0 radical (unpaired) electrons. The van der Waals surface area contributed by atoms with Crippen molar-refractivity contribution in [1.29, 1.82) is 0 Å². The van der Waals surface area contributed by atoms with Crippen LogP contribution in [0.5, 0.6) is 0 Å². The van der Waals surface area contributed by atoms with E-state index in [2.05, 4.69) is 14.9 Å². The van der Waals surface area contributed by atoms with E-state index >= 15 is 0 Å². The lowest BCUT2D eigenvalue weighted by atomic mass is 10.1. The van der Waals surface area contributed by atoms with Crippen molar-refractivity contribution >= 4 is 21.6 Å². The summed E-state index contributed by atoms with van der Waals surface area (Å²) in [5.74, 6) is -0.248. The summed E-state index contributed by atoms with van der Waals surface area (Å²) in [6.45, 7) is 9.39. The van der Waals surface area contributed by atoms with Crippen LogP contribution in [-0.4, -0.2) is 45.4 Å². The van der Waals surface area contributed by atoms with Crippen molar-refractivity contribution < 1.29 is 13.2 Å². The highest BCUT2D eigenvalue weighted by Gasteiger charge is 2.20. The van der Waals surface area contributed by atoms with Crippen LogP contribution < -0.4 is 10.0 Å². The number of likely N-dealkylation sites (tertiary alicyclic amines) is 1. The van der Waals surface area contributed by atoms with E-state index in [1.165, 1.54) is 25.3 Å². The molecule has 6 nitrogen and oxygen atoms in total. The number of nitrogens with one attached hydrogen (secondary N) is 2. The zero-order chi connectivity index (χ0) is 22.4. The Kier molecular flexibility index (Phi) is 7.73. The summed E-state index contributed by atoms with van der Waals surface area (Å²) in [6.07, 6.45) is 4.70. The fraction of sp³-hybridized carbons (Fsp3) is 0.458. The molecule has 0 spiro atoms. The largest absolute Gasteiger partial charge is 0.352 e. The third-order valence-electron chi connectivity index (χ3n) is 5.97. The first-order valence-electron chi connectivity index (χ1n) is 11.0. The number of amides is 1. The summed E-state index contributed by atoms with van der Waals surface area (Å²) in [5, 5.41) is 2.92. The van der Waals surface area contributed by atoms with Gasteiger partial charge >= 0.3 is 0 Å². The fourth-order valence-electron chi connectivity index (χ4n) is 3.88. The van der Waals surface area contributed by atoms with Gasteiger partial charge in [-0.05, 0) is 94.6 Å². The van der Waals surface area contributed by atoms with Gasteiger partial charge in [0, 0.05) is 12.1 Å². The van der Waals surface area contributed by atoms with E-state index in [0.29, 0.717) is 23.4 Å². The lowest BCUT2D eigenvalue weighted by molar-refractivity contribution is 0.0951. The minimum Gasteiger partial charge on any atom is -0.352 e. The summed E-state index contributed by atoms with van der Waals surface area (Å²) in [7, 11) is -3.82. The van der Waals surface area contributed by atoms with Gasteiger partial charge in [0.25, 0.3) is 15.9 Å². The predicted molar refractivity (Wildman–Crippen MR) is 125 cm³/mol. The molecule has 1 aliphatic heterocycles. The van der Waals surface area contributed by atoms with Gasteiger partial charge in [-0.1, -0.05) is 24.6 Å². The average Bonchev–Trinajstić information content (AvgIpc) is 2.75.